The minimum Gasteiger partial charge on any atom is -0.369 e. The molecule has 9 heteroatoms. The van der Waals surface area contributed by atoms with Crippen molar-refractivity contribution in [2.45, 2.75) is 20.3 Å². The average Bonchev–Trinajstić information content (AvgIpc) is 3.14. The first-order valence-corrected chi connectivity index (χ1v) is 11.2. The highest BCUT2D eigenvalue weighted by molar-refractivity contribution is 14.0. The second kappa shape index (κ2) is 13.1. The van der Waals surface area contributed by atoms with E-state index in [1.165, 1.54) is 12.1 Å². The average molecular weight is 546 g/mol. The number of piperazine rings is 1. The van der Waals surface area contributed by atoms with Gasteiger partial charge in [-0.3, -0.25) is 9.89 Å². The van der Waals surface area contributed by atoms with Crippen LogP contribution in [0.1, 0.15) is 17.6 Å². The zero-order valence-electron chi connectivity index (χ0n) is 17.7. The highest BCUT2D eigenvalue weighted by Gasteiger charge is 2.16. The molecule has 0 amide bonds. The molecule has 0 atom stereocenters. The molecule has 1 aromatic carbocycles. The van der Waals surface area contributed by atoms with E-state index in [-0.39, 0.29) is 29.8 Å². The quantitative estimate of drug-likeness (QED) is 0.303. The second-order valence-electron chi connectivity index (χ2n) is 7.10. The largest absolute Gasteiger partial charge is 0.369 e. The maximum absolute atomic E-state index is 13.1. The Morgan fingerprint density at radius 3 is 2.53 bits per heavy atom. The number of anilines is 1. The van der Waals surface area contributed by atoms with E-state index in [9.17, 15) is 4.39 Å². The number of guanidine groups is 1. The van der Waals surface area contributed by atoms with Gasteiger partial charge in [0.05, 0.1) is 17.2 Å². The van der Waals surface area contributed by atoms with Gasteiger partial charge in [-0.1, -0.05) is 0 Å². The van der Waals surface area contributed by atoms with E-state index in [1.54, 1.807) is 11.3 Å². The van der Waals surface area contributed by atoms with E-state index in [0.717, 1.165) is 81.1 Å². The summed E-state index contributed by atoms with van der Waals surface area (Å²) in [6.07, 6.45) is 0.903. The Labute approximate surface area is 200 Å². The Hall–Kier alpha value is -1.46. The molecule has 0 aliphatic carbocycles. The van der Waals surface area contributed by atoms with Gasteiger partial charge in [-0.25, -0.2) is 9.37 Å². The number of aliphatic imine (C=N–C) groups is 1. The van der Waals surface area contributed by atoms with Crippen LogP contribution in [0.2, 0.25) is 0 Å². The Balaban J connectivity index is 0.00000320. The molecule has 6 nitrogen and oxygen atoms in total. The van der Waals surface area contributed by atoms with Crippen LogP contribution in [-0.2, 0) is 6.42 Å². The Morgan fingerprint density at radius 1 is 1.17 bits per heavy atom. The minimum absolute atomic E-state index is 0. The summed E-state index contributed by atoms with van der Waals surface area (Å²) in [5.41, 5.74) is 2.23. The molecule has 2 heterocycles. The first-order chi connectivity index (χ1) is 14.1. The zero-order chi connectivity index (χ0) is 20.5. The van der Waals surface area contributed by atoms with E-state index < -0.39 is 0 Å². The first-order valence-electron chi connectivity index (χ1n) is 10.3. The molecule has 2 N–H and O–H groups in total. The van der Waals surface area contributed by atoms with Gasteiger partial charge < -0.3 is 15.5 Å². The summed E-state index contributed by atoms with van der Waals surface area (Å²) < 4.78 is 13.1. The maximum Gasteiger partial charge on any atom is 0.191 e. The number of aromatic nitrogens is 1. The first kappa shape index (κ1) is 24.8. The molecule has 0 radical (unpaired) electrons. The third-order valence-electron chi connectivity index (χ3n) is 4.93. The van der Waals surface area contributed by atoms with Crippen LogP contribution in [0.25, 0.3) is 0 Å². The Kier molecular flexibility index (Phi) is 10.8. The number of halogens is 2. The van der Waals surface area contributed by atoms with Gasteiger partial charge in [-0.2, -0.15) is 0 Å². The summed E-state index contributed by atoms with van der Waals surface area (Å²) in [6.45, 7) is 11.4. The van der Waals surface area contributed by atoms with Gasteiger partial charge in [0.2, 0.25) is 0 Å². The van der Waals surface area contributed by atoms with E-state index in [4.69, 9.17) is 4.99 Å². The molecule has 0 bridgehead atoms. The van der Waals surface area contributed by atoms with Crippen molar-refractivity contribution >= 4 is 47.0 Å². The smallest absolute Gasteiger partial charge is 0.191 e. The fraction of sp³-hybridized carbons (Fsp3) is 0.524. The molecule has 2 aromatic rings. The van der Waals surface area contributed by atoms with Gasteiger partial charge in [0, 0.05) is 63.3 Å². The third-order valence-corrected chi connectivity index (χ3v) is 5.76. The molecule has 30 heavy (non-hydrogen) atoms. The number of thiazole rings is 1. The third kappa shape index (κ3) is 7.99. The van der Waals surface area contributed by atoms with Gasteiger partial charge in [-0.15, -0.1) is 35.3 Å². The van der Waals surface area contributed by atoms with E-state index in [1.807, 2.05) is 19.1 Å². The van der Waals surface area contributed by atoms with Crippen LogP contribution >= 0.6 is 35.3 Å². The maximum atomic E-state index is 13.1. The standard InChI is InChI=1S/C21H31FN6S.HI/c1-3-23-21(24-9-8-19-16-29-17(2)26-19)25-10-11-27-12-14-28(15-13-27)20-6-4-18(22)5-7-20;/h4-7,16H,3,8-15H2,1-2H3,(H2,23,24,25);1H. The van der Waals surface area contributed by atoms with Crippen molar-refractivity contribution in [2.75, 3.05) is 57.3 Å². The fourth-order valence-electron chi connectivity index (χ4n) is 3.36. The molecule has 3 rings (SSSR count). The normalized spacial score (nSPS) is 15.0. The predicted octanol–water partition coefficient (Wildman–Crippen LogP) is 3.13. The van der Waals surface area contributed by atoms with Crippen LogP contribution in [0.3, 0.4) is 0 Å². The number of hydrogen-bond donors (Lipinski definition) is 2. The van der Waals surface area contributed by atoms with Crippen molar-refractivity contribution in [1.82, 2.24) is 20.5 Å². The Bertz CT molecular complexity index is 774. The summed E-state index contributed by atoms with van der Waals surface area (Å²) >= 11 is 1.69. The van der Waals surface area contributed by atoms with Gasteiger partial charge in [0.1, 0.15) is 5.82 Å². The lowest BCUT2D eigenvalue weighted by Gasteiger charge is -2.35. The summed E-state index contributed by atoms with van der Waals surface area (Å²) in [7, 11) is 0. The minimum atomic E-state index is -0.183. The van der Waals surface area contributed by atoms with Gasteiger partial charge >= 0.3 is 0 Å². The number of aryl methyl sites for hydroxylation is 1. The lowest BCUT2D eigenvalue weighted by molar-refractivity contribution is 0.265. The van der Waals surface area contributed by atoms with Crippen LogP contribution < -0.4 is 15.5 Å². The highest BCUT2D eigenvalue weighted by atomic mass is 127. The lowest BCUT2D eigenvalue weighted by Crippen LogP contribution is -2.47. The molecule has 1 aliphatic rings. The van der Waals surface area contributed by atoms with Crippen molar-refractivity contribution in [3.8, 4) is 0 Å². The number of hydrogen-bond acceptors (Lipinski definition) is 5. The van der Waals surface area contributed by atoms with Crippen molar-refractivity contribution in [3.05, 3.63) is 46.2 Å². The molecule has 1 aromatic heterocycles. The van der Waals surface area contributed by atoms with E-state index >= 15 is 0 Å². The molecular weight excluding hydrogens is 514 g/mol. The van der Waals surface area contributed by atoms with Gasteiger partial charge in [0.25, 0.3) is 0 Å². The molecule has 0 unspecified atom stereocenters. The van der Waals surface area contributed by atoms with Crippen LogP contribution in [0, 0.1) is 12.7 Å². The fourth-order valence-corrected chi connectivity index (χ4v) is 4.01. The number of rotatable bonds is 8. The summed E-state index contributed by atoms with van der Waals surface area (Å²) in [5.74, 6) is 0.682. The molecule has 1 saturated heterocycles. The molecule has 0 spiro atoms. The zero-order valence-corrected chi connectivity index (χ0v) is 20.9. The number of nitrogens with one attached hydrogen (secondary N) is 2. The number of nitrogens with zero attached hydrogens (tertiary/aromatic N) is 4. The molecule has 1 fully saturated rings. The number of benzene rings is 1. The SMILES string of the molecule is CCNC(=NCCN1CCN(c2ccc(F)cc2)CC1)NCCc1csc(C)n1.I. The summed E-state index contributed by atoms with van der Waals surface area (Å²) in [6, 6.07) is 6.77. The molecule has 166 valence electrons. The topological polar surface area (TPSA) is 55.8 Å². The molecule has 0 saturated carbocycles. The summed E-state index contributed by atoms with van der Waals surface area (Å²) in [4.78, 5) is 14.0. The molecular formula is C21H32FIN6S. The summed E-state index contributed by atoms with van der Waals surface area (Å²) in [5, 5.41) is 9.93. The van der Waals surface area contributed by atoms with Crippen molar-refractivity contribution in [2.24, 2.45) is 4.99 Å². The van der Waals surface area contributed by atoms with Crippen molar-refractivity contribution in [3.63, 3.8) is 0 Å². The monoisotopic (exact) mass is 546 g/mol. The van der Waals surface area contributed by atoms with E-state index in [0.29, 0.717) is 0 Å². The lowest BCUT2D eigenvalue weighted by atomic mass is 10.2. The van der Waals surface area contributed by atoms with Gasteiger partial charge in [-0.05, 0) is 38.1 Å². The molecule has 1 aliphatic heterocycles. The highest BCUT2D eigenvalue weighted by Crippen LogP contribution is 2.16. The van der Waals surface area contributed by atoms with Crippen LogP contribution in [-0.4, -0.2) is 68.2 Å². The Morgan fingerprint density at radius 2 is 1.90 bits per heavy atom. The van der Waals surface area contributed by atoms with Gasteiger partial charge in [0.15, 0.2) is 5.96 Å². The van der Waals surface area contributed by atoms with Crippen LogP contribution in [0.5, 0.6) is 0 Å². The van der Waals surface area contributed by atoms with Crippen molar-refractivity contribution < 1.29 is 4.39 Å². The van der Waals surface area contributed by atoms with Crippen LogP contribution in [0.15, 0.2) is 34.6 Å². The predicted molar refractivity (Wildman–Crippen MR) is 135 cm³/mol. The van der Waals surface area contributed by atoms with Crippen molar-refractivity contribution in [1.29, 1.82) is 0 Å². The van der Waals surface area contributed by atoms with E-state index in [2.05, 4.69) is 37.7 Å². The second-order valence-corrected chi connectivity index (χ2v) is 8.16. The van der Waals surface area contributed by atoms with Crippen LogP contribution in [0.4, 0.5) is 10.1 Å².